The van der Waals surface area contributed by atoms with Gasteiger partial charge < -0.3 is 14.6 Å². The highest BCUT2D eigenvalue weighted by atomic mass is 19.4. The topological polar surface area (TPSA) is 51.6 Å². The molecule has 1 heterocycles. The third-order valence-corrected chi connectivity index (χ3v) is 1.93. The zero-order chi connectivity index (χ0) is 13.4. The molecule has 0 aliphatic rings. The zero-order valence-corrected chi connectivity index (χ0v) is 9.61. The van der Waals surface area contributed by atoms with Gasteiger partial charge >= 0.3 is 6.18 Å². The lowest BCUT2D eigenvalue weighted by Crippen LogP contribution is -2.18. The fourth-order valence-corrected chi connectivity index (χ4v) is 1.13. The molecule has 0 saturated carbocycles. The number of nitrogens with zero attached hydrogens (tertiary/aromatic N) is 1. The van der Waals surface area contributed by atoms with Gasteiger partial charge in [-0.25, -0.2) is 0 Å². The van der Waals surface area contributed by atoms with E-state index in [0.717, 1.165) is 0 Å². The Bertz CT molecular complexity index is 340. The molecule has 18 heavy (non-hydrogen) atoms. The fraction of sp³-hybridized carbons (Fsp3) is 0.545. The molecule has 102 valence electrons. The van der Waals surface area contributed by atoms with Crippen molar-refractivity contribution in [3.63, 3.8) is 0 Å². The quantitative estimate of drug-likeness (QED) is 0.765. The van der Waals surface area contributed by atoms with Gasteiger partial charge in [0.05, 0.1) is 31.7 Å². The molecule has 4 nitrogen and oxygen atoms in total. The first-order valence-corrected chi connectivity index (χ1v) is 5.34. The number of aromatic nitrogens is 1. The van der Waals surface area contributed by atoms with Crippen LogP contribution in [0.4, 0.5) is 13.2 Å². The van der Waals surface area contributed by atoms with Crippen LogP contribution in [0.3, 0.4) is 0 Å². The maximum absolute atomic E-state index is 11.7. The Hall–Kier alpha value is -1.34. The first-order valence-electron chi connectivity index (χ1n) is 5.34. The van der Waals surface area contributed by atoms with Gasteiger partial charge in [-0.2, -0.15) is 13.2 Å². The van der Waals surface area contributed by atoms with Crippen LogP contribution >= 0.6 is 0 Å². The Balaban J connectivity index is 2.10. The maximum atomic E-state index is 11.7. The number of hydrogen-bond acceptors (Lipinski definition) is 4. The van der Waals surface area contributed by atoms with E-state index in [-0.39, 0.29) is 19.8 Å². The summed E-state index contributed by atoms with van der Waals surface area (Å²) in [5.74, 6) is 0.503. The lowest BCUT2D eigenvalue weighted by atomic mass is 10.3. The smallest absolute Gasteiger partial charge is 0.411 e. The summed E-state index contributed by atoms with van der Waals surface area (Å²) in [6.45, 7) is -1.15. The second-order valence-corrected chi connectivity index (χ2v) is 3.51. The molecule has 0 aliphatic heterocycles. The van der Waals surface area contributed by atoms with Crippen LogP contribution in [0.2, 0.25) is 0 Å². The van der Waals surface area contributed by atoms with E-state index in [1.165, 1.54) is 6.20 Å². The number of aliphatic hydroxyl groups excluding tert-OH is 1. The SMILES string of the molecule is OCc1ccc(OCCCOCC(F)(F)F)cn1. The monoisotopic (exact) mass is 265 g/mol. The van der Waals surface area contributed by atoms with Gasteiger partial charge in [-0.05, 0) is 12.1 Å². The largest absolute Gasteiger partial charge is 0.492 e. The molecule has 0 radical (unpaired) electrons. The van der Waals surface area contributed by atoms with Gasteiger partial charge in [-0.15, -0.1) is 0 Å². The minimum Gasteiger partial charge on any atom is -0.492 e. The number of halogens is 3. The summed E-state index contributed by atoms with van der Waals surface area (Å²) < 4.78 is 44.8. The predicted molar refractivity (Wildman–Crippen MR) is 57.1 cm³/mol. The van der Waals surface area contributed by atoms with Crippen LogP contribution in [0.1, 0.15) is 12.1 Å². The average Bonchev–Trinajstić information content (AvgIpc) is 2.33. The maximum Gasteiger partial charge on any atom is 0.411 e. The van der Waals surface area contributed by atoms with Crippen LogP contribution in [-0.2, 0) is 11.3 Å². The molecule has 1 N–H and O–H groups in total. The molecular formula is C11H14F3NO3. The van der Waals surface area contributed by atoms with Crippen LogP contribution < -0.4 is 4.74 Å². The summed E-state index contributed by atoms with van der Waals surface area (Å²) in [5.41, 5.74) is 0.524. The third kappa shape index (κ3) is 6.41. The van der Waals surface area contributed by atoms with Crippen molar-refractivity contribution in [3.8, 4) is 5.75 Å². The summed E-state index contributed by atoms with van der Waals surface area (Å²) in [7, 11) is 0. The highest BCUT2D eigenvalue weighted by molar-refractivity contribution is 5.19. The summed E-state index contributed by atoms with van der Waals surface area (Å²) in [6.07, 6.45) is -2.48. The van der Waals surface area contributed by atoms with Crippen LogP contribution in [0, 0.1) is 0 Å². The van der Waals surface area contributed by atoms with Gasteiger partial charge in [-0.3, -0.25) is 4.98 Å². The zero-order valence-electron chi connectivity index (χ0n) is 9.61. The Morgan fingerprint density at radius 1 is 1.22 bits per heavy atom. The third-order valence-electron chi connectivity index (χ3n) is 1.93. The van der Waals surface area contributed by atoms with E-state index in [1.807, 2.05) is 0 Å². The molecule has 0 unspecified atom stereocenters. The number of alkyl halides is 3. The van der Waals surface area contributed by atoms with E-state index in [9.17, 15) is 13.2 Å². The number of aliphatic hydroxyl groups is 1. The van der Waals surface area contributed by atoms with Crippen LogP contribution in [0.25, 0.3) is 0 Å². The van der Waals surface area contributed by atoms with Crippen molar-refractivity contribution in [3.05, 3.63) is 24.0 Å². The first kappa shape index (κ1) is 14.7. The molecule has 0 aliphatic carbocycles. The van der Waals surface area contributed by atoms with E-state index >= 15 is 0 Å². The molecule has 1 rings (SSSR count). The van der Waals surface area contributed by atoms with E-state index in [1.54, 1.807) is 12.1 Å². The molecule has 0 amide bonds. The fourth-order valence-electron chi connectivity index (χ4n) is 1.13. The Morgan fingerprint density at radius 2 is 2.00 bits per heavy atom. The van der Waals surface area contributed by atoms with E-state index in [0.29, 0.717) is 17.9 Å². The number of rotatable bonds is 7. The van der Waals surface area contributed by atoms with Crippen molar-refractivity contribution < 1.29 is 27.8 Å². The first-order chi connectivity index (χ1) is 8.51. The van der Waals surface area contributed by atoms with Crippen molar-refractivity contribution >= 4 is 0 Å². The summed E-state index contributed by atoms with van der Waals surface area (Å²) >= 11 is 0. The molecule has 0 fully saturated rings. The molecule has 7 heteroatoms. The van der Waals surface area contributed by atoms with Crippen molar-refractivity contribution in [1.82, 2.24) is 4.98 Å². The lowest BCUT2D eigenvalue weighted by Gasteiger charge is -2.08. The van der Waals surface area contributed by atoms with Crippen molar-refractivity contribution in [1.29, 1.82) is 0 Å². The number of pyridine rings is 1. The van der Waals surface area contributed by atoms with Crippen molar-refractivity contribution in [2.24, 2.45) is 0 Å². The van der Waals surface area contributed by atoms with E-state index in [2.05, 4.69) is 9.72 Å². The highest BCUT2D eigenvalue weighted by Gasteiger charge is 2.27. The van der Waals surface area contributed by atoms with Crippen molar-refractivity contribution in [2.45, 2.75) is 19.2 Å². The molecule has 0 atom stereocenters. The number of hydrogen-bond donors (Lipinski definition) is 1. The Morgan fingerprint density at radius 3 is 2.56 bits per heavy atom. The Labute approximate surface area is 102 Å². The summed E-state index contributed by atoms with van der Waals surface area (Å²) in [6, 6.07) is 3.24. The van der Waals surface area contributed by atoms with Gasteiger partial charge in [0.2, 0.25) is 0 Å². The van der Waals surface area contributed by atoms with Crippen molar-refractivity contribution in [2.75, 3.05) is 19.8 Å². The van der Waals surface area contributed by atoms with Gasteiger partial charge in [-0.1, -0.05) is 0 Å². The van der Waals surface area contributed by atoms with Gasteiger partial charge in [0, 0.05) is 6.42 Å². The van der Waals surface area contributed by atoms with Crippen LogP contribution in [-0.4, -0.2) is 36.1 Å². The molecule has 0 spiro atoms. The summed E-state index contributed by atoms with van der Waals surface area (Å²) in [5, 5.41) is 8.76. The molecule has 1 aromatic rings. The van der Waals surface area contributed by atoms with Gasteiger partial charge in [0.15, 0.2) is 0 Å². The lowest BCUT2D eigenvalue weighted by molar-refractivity contribution is -0.174. The minimum absolute atomic E-state index is 0.0122. The second kappa shape index (κ2) is 7.17. The molecular weight excluding hydrogens is 251 g/mol. The molecule has 0 saturated heterocycles. The molecule has 0 aromatic carbocycles. The van der Waals surface area contributed by atoms with Crippen LogP contribution in [0.15, 0.2) is 18.3 Å². The number of ether oxygens (including phenoxy) is 2. The average molecular weight is 265 g/mol. The normalized spacial score (nSPS) is 11.6. The van der Waals surface area contributed by atoms with E-state index < -0.39 is 12.8 Å². The van der Waals surface area contributed by atoms with Gasteiger partial charge in [0.1, 0.15) is 12.4 Å². The second-order valence-electron chi connectivity index (χ2n) is 3.51. The predicted octanol–water partition coefficient (Wildman–Crippen LogP) is 1.92. The highest BCUT2D eigenvalue weighted by Crippen LogP contribution is 2.14. The van der Waals surface area contributed by atoms with E-state index in [4.69, 9.17) is 9.84 Å². The summed E-state index contributed by atoms with van der Waals surface area (Å²) in [4.78, 5) is 3.89. The van der Waals surface area contributed by atoms with Crippen LogP contribution in [0.5, 0.6) is 5.75 Å². The molecule has 1 aromatic heterocycles. The molecule has 0 bridgehead atoms. The minimum atomic E-state index is -4.29. The van der Waals surface area contributed by atoms with Gasteiger partial charge in [0.25, 0.3) is 0 Å². The Kier molecular flexibility index (Phi) is 5.87. The standard InChI is InChI=1S/C11H14F3NO3/c12-11(13,14)8-17-4-1-5-18-10-3-2-9(7-16)15-6-10/h2-3,6,16H,1,4-5,7-8H2.